The number of carbonyl (C=O) groups is 7. The lowest BCUT2D eigenvalue weighted by Crippen LogP contribution is -2.60. The Balaban J connectivity index is 2.75. The highest BCUT2D eigenvalue weighted by molar-refractivity contribution is 5.96. The van der Waals surface area contributed by atoms with E-state index in [9.17, 15) is 38.7 Å². The van der Waals surface area contributed by atoms with Crippen molar-refractivity contribution < 1.29 is 48.4 Å². The molecular formula is C42H73N5O10. The number of likely N-dealkylation sites (tertiary alicyclic amines) is 1. The van der Waals surface area contributed by atoms with Gasteiger partial charge in [-0.3, -0.25) is 28.9 Å². The fourth-order valence-electron chi connectivity index (χ4n) is 6.67. The standard InChI is InChI=1S/C42H73N5O10/c1-8-9-10-11-12-13-14-15-16-17-18-19-20-21-22-23-36(51)45-38(32(6)49)42(55)47-27-30(4)26-35(47)40(53)46-37(29(2)3)41(54)44-34(24-25-56-57-33(7)50)39(52)43-31(5)28-48/h15-16,28-32,34-35,37-38,49H,8-14,17-27H2,1-7H3,(H,43,52)(H,44,54)(H,45,51)(H,46,53)/b16-15-/t30-,31+,32-,34+,35+,37+,38+/m1/s1. The van der Waals surface area contributed by atoms with Crippen LogP contribution in [0.3, 0.4) is 0 Å². The van der Waals surface area contributed by atoms with E-state index in [1.165, 1.54) is 57.3 Å². The van der Waals surface area contributed by atoms with Crippen molar-refractivity contribution in [3.8, 4) is 0 Å². The van der Waals surface area contributed by atoms with E-state index >= 15 is 0 Å². The van der Waals surface area contributed by atoms with Gasteiger partial charge in [-0.15, -0.1) is 0 Å². The van der Waals surface area contributed by atoms with Gasteiger partial charge in [0, 0.05) is 26.3 Å². The van der Waals surface area contributed by atoms with Crippen LogP contribution >= 0.6 is 0 Å². The molecule has 57 heavy (non-hydrogen) atoms. The Hall–Kier alpha value is -3.85. The van der Waals surface area contributed by atoms with Gasteiger partial charge >= 0.3 is 5.97 Å². The Morgan fingerprint density at radius 3 is 1.95 bits per heavy atom. The van der Waals surface area contributed by atoms with Crippen molar-refractivity contribution in [3.63, 3.8) is 0 Å². The van der Waals surface area contributed by atoms with Crippen molar-refractivity contribution in [2.75, 3.05) is 13.2 Å². The van der Waals surface area contributed by atoms with Crippen LogP contribution in [0.4, 0.5) is 0 Å². The third-order valence-corrected chi connectivity index (χ3v) is 9.95. The molecule has 326 valence electrons. The van der Waals surface area contributed by atoms with Crippen molar-refractivity contribution >= 4 is 41.8 Å². The molecule has 1 heterocycles. The third-order valence-electron chi connectivity index (χ3n) is 9.95. The van der Waals surface area contributed by atoms with Crippen LogP contribution in [0.5, 0.6) is 0 Å². The molecule has 1 aliphatic heterocycles. The Bertz CT molecular complexity index is 1280. The van der Waals surface area contributed by atoms with Gasteiger partial charge in [0.1, 0.15) is 30.5 Å². The van der Waals surface area contributed by atoms with Gasteiger partial charge in [-0.25, -0.2) is 4.79 Å². The summed E-state index contributed by atoms with van der Waals surface area (Å²) in [7, 11) is 0. The number of nitrogens with zero attached hydrogens (tertiary/aromatic N) is 1. The summed E-state index contributed by atoms with van der Waals surface area (Å²) in [6, 6.07) is -5.41. The summed E-state index contributed by atoms with van der Waals surface area (Å²) >= 11 is 0. The maximum atomic E-state index is 13.8. The van der Waals surface area contributed by atoms with Gasteiger partial charge in [0.15, 0.2) is 0 Å². The van der Waals surface area contributed by atoms with Crippen molar-refractivity contribution in [2.45, 2.75) is 188 Å². The lowest BCUT2D eigenvalue weighted by atomic mass is 10.0. The van der Waals surface area contributed by atoms with E-state index < -0.39 is 71.8 Å². The number of aliphatic hydroxyl groups excluding tert-OH is 1. The smallest absolute Gasteiger partial charge is 0.339 e. The SMILES string of the molecule is CCCCCCCC/C=C\CCCCCCCC(=O)N[C@H](C(=O)N1C[C@H](C)C[C@H]1C(=O)N[C@H](C(=O)N[C@@H](CCOOC(C)=O)C(=O)N[C@@H](C)C=O)C(C)C)[C@@H](C)O. The minimum absolute atomic E-state index is 0.0812. The highest BCUT2D eigenvalue weighted by Crippen LogP contribution is 2.25. The second-order valence-electron chi connectivity index (χ2n) is 15.9. The minimum atomic E-state index is -1.26. The molecule has 1 aliphatic rings. The van der Waals surface area contributed by atoms with Crippen LogP contribution in [0.15, 0.2) is 12.2 Å². The molecule has 0 aliphatic carbocycles. The fourth-order valence-corrected chi connectivity index (χ4v) is 6.67. The van der Waals surface area contributed by atoms with Gasteiger partial charge < -0.3 is 36.1 Å². The van der Waals surface area contributed by atoms with Crippen LogP contribution in [-0.4, -0.2) is 101 Å². The van der Waals surface area contributed by atoms with Crippen molar-refractivity contribution in [1.29, 1.82) is 0 Å². The van der Waals surface area contributed by atoms with Crippen LogP contribution in [-0.2, 0) is 43.3 Å². The number of hydrogen-bond donors (Lipinski definition) is 5. The molecule has 5 N–H and O–H groups in total. The number of aldehydes is 1. The Morgan fingerprint density at radius 1 is 0.789 bits per heavy atom. The summed E-state index contributed by atoms with van der Waals surface area (Å²) in [4.78, 5) is 99.7. The van der Waals surface area contributed by atoms with Crippen molar-refractivity contribution in [3.05, 3.63) is 12.2 Å². The molecule has 0 aromatic heterocycles. The lowest BCUT2D eigenvalue weighted by Gasteiger charge is -2.31. The molecule has 0 spiro atoms. The number of unbranched alkanes of at least 4 members (excludes halogenated alkanes) is 11. The molecule has 1 rings (SSSR count). The topological polar surface area (TPSA) is 210 Å². The van der Waals surface area contributed by atoms with E-state index in [0.29, 0.717) is 19.1 Å². The number of nitrogens with one attached hydrogen (secondary N) is 4. The van der Waals surface area contributed by atoms with E-state index in [0.717, 1.165) is 45.4 Å². The molecular weight excluding hydrogens is 734 g/mol. The monoisotopic (exact) mass is 808 g/mol. The molecule has 0 aromatic rings. The molecule has 0 saturated carbocycles. The molecule has 7 atom stereocenters. The minimum Gasteiger partial charge on any atom is -0.391 e. The van der Waals surface area contributed by atoms with Gasteiger partial charge in [-0.2, -0.15) is 4.89 Å². The highest BCUT2D eigenvalue weighted by Gasteiger charge is 2.43. The van der Waals surface area contributed by atoms with Crippen molar-refractivity contribution in [2.24, 2.45) is 11.8 Å². The van der Waals surface area contributed by atoms with Gasteiger partial charge in [0.05, 0.1) is 18.8 Å². The summed E-state index contributed by atoms with van der Waals surface area (Å²) < 4.78 is 0. The predicted octanol–water partition coefficient (Wildman–Crippen LogP) is 4.34. The van der Waals surface area contributed by atoms with Crippen LogP contribution in [0.1, 0.15) is 151 Å². The molecule has 1 saturated heterocycles. The zero-order chi connectivity index (χ0) is 42.8. The second-order valence-corrected chi connectivity index (χ2v) is 15.9. The molecule has 0 bridgehead atoms. The third kappa shape index (κ3) is 21.5. The molecule has 0 radical (unpaired) electrons. The van der Waals surface area contributed by atoms with Gasteiger partial charge in [-0.05, 0) is 64.2 Å². The average molecular weight is 808 g/mol. The fraction of sp³-hybridized carbons (Fsp3) is 0.786. The van der Waals surface area contributed by atoms with Crippen LogP contribution in [0, 0.1) is 11.8 Å². The van der Waals surface area contributed by atoms with Crippen LogP contribution in [0.25, 0.3) is 0 Å². The molecule has 15 nitrogen and oxygen atoms in total. The zero-order valence-corrected chi connectivity index (χ0v) is 35.6. The van der Waals surface area contributed by atoms with E-state index in [2.05, 4.69) is 45.2 Å². The lowest BCUT2D eigenvalue weighted by molar-refractivity contribution is -0.270. The van der Waals surface area contributed by atoms with Crippen LogP contribution in [0.2, 0.25) is 0 Å². The summed E-state index contributed by atoms with van der Waals surface area (Å²) in [5.74, 6) is -4.16. The molecule has 0 unspecified atom stereocenters. The summed E-state index contributed by atoms with van der Waals surface area (Å²) in [6.45, 7) is 11.5. The summed E-state index contributed by atoms with van der Waals surface area (Å²) in [6.07, 6.45) is 19.0. The number of amides is 5. The van der Waals surface area contributed by atoms with Gasteiger partial charge in [0.2, 0.25) is 29.5 Å². The zero-order valence-electron chi connectivity index (χ0n) is 35.6. The molecule has 5 amide bonds. The summed E-state index contributed by atoms with van der Waals surface area (Å²) in [5, 5.41) is 21.0. The first-order chi connectivity index (χ1) is 27.1. The molecule has 0 aromatic carbocycles. The largest absolute Gasteiger partial charge is 0.391 e. The van der Waals surface area contributed by atoms with E-state index in [-0.39, 0.29) is 37.8 Å². The first-order valence-corrected chi connectivity index (χ1v) is 21.2. The number of hydrogen-bond acceptors (Lipinski definition) is 10. The van der Waals surface area contributed by atoms with Crippen LogP contribution < -0.4 is 21.3 Å². The quantitative estimate of drug-likeness (QED) is 0.0228. The van der Waals surface area contributed by atoms with E-state index in [1.807, 2.05) is 6.92 Å². The normalized spacial score (nSPS) is 18.0. The summed E-state index contributed by atoms with van der Waals surface area (Å²) in [5.41, 5.74) is 0. The Morgan fingerprint density at radius 2 is 1.39 bits per heavy atom. The number of carbonyl (C=O) groups excluding carboxylic acids is 7. The van der Waals surface area contributed by atoms with E-state index in [1.54, 1.807) is 13.8 Å². The van der Waals surface area contributed by atoms with Gasteiger partial charge in [-0.1, -0.05) is 91.2 Å². The van der Waals surface area contributed by atoms with Gasteiger partial charge in [0.25, 0.3) is 0 Å². The number of rotatable bonds is 30. The van der Waals surface area contributed by atoms with Crippen molar-refractivity contribution in [1.82, 2.24) is 26.2 Å². The van der Waals surface area contributed by atoms with E-state index in [4.69, 9.17) is 4.89 Å². The first-order valence-electron chi connectivity index (χ1n) is 21.2. The molecule has 1 fully saturated rings. The Kier molecular flexibility index (Phi) is 26.4. The highest BCUT2D eigenvalue weighted by atomic mass is 17.2. The predicted molar refractivity (Wildman–Crippen MR) is 217 cm³/mol. The number of aliphatic hydroxyl groups is 1. The Labute approximate surface area is 340 Å². The first kappa shape index (κ1) is 51.2. The molecule has 15 heteroatoms. The maximum absolute atomic E-state index is 13.8. The number of allylic oxidation sites excluding steroid dienone is 2. The second kappa shape index (κ2) is 29.4. The average Bonchev–Trinajstić information content (AvgIpc) is 3.56. The maximum Gasteiger partial charge on any atom is 0.339 e.